The number of hydrogen-bond donors (Lipinski definition) is 0. The summed E-state index contributed by atoms with van der Waals surface area (Å²) in [5, 5.41) is 10.2. The van der Waals surface area contributed by atoms with E-state index < -0.39 is 0 Å². The Morgan fingerprint density at radius 1 is 1.29 bits per heavy atom. The summed E-state index contributed by atoms with van der Waals surface area (Å²) < 4.78 is 2.01. The van der Waals surface area contributed by atoms with E-state index in [9.17, 15) is 0 Å². The predicted octanol–water partition coefficient (Wildman–Crippen LogP) is 4.17. The molecule has 2 aromatic rings. The normalized spacial score (nSPS) is 10.8. The molecular formula is C11H10BrCl2N3. The van der Waals surface area contributed by atoms with E-state index in [-0.39, 0.29) is 0 Å². The second-order valence-corrected chi connectivity index (χ2v) is 4.85. The molecule has 0 saturated heterocycles. The average molecular weight is 335 g/mol. The summed E-state index contributed by atoms with van der Waals surface area (Å²) in [6.07, 6.45) is 0. The zero-order valence-electron chi connectivity index (χ0n) is 9.12. The molecule has 0 aliphatic carbocycles. The largest absolute Gasteiger partial charge is 0.311 e. The minimum atomic E-state index is 0.623. The quantitative estimate of drug-likeness (QED) is 0.789. The van der Waals surface area contributed by atoms with E-state index >= 15 is 0 Å². The van der Waals surface area contributed by atoms with Gasteiger partial charge in [0.25, 0.3) is 0 Å². The predicted molar refractivity (Wildman–Crippen MR) is 73.8 cm³/mol. The van der Waals surface area contributed by atoms with Crippen LogP contribution < -0.4 is 0 Å². The van der Waals surface area contributed by atoms with Gasteiger partial charge in [0.05, 0.1) is 10.4 Å². The highest BCUT2D eigenvalue weighted by atomic mass is 79.9. The number of alkyl halides is 1. The van der Waals surface area contributed by atoms with E-state index in [0.717, 1.165) is 23.8 Å². The third kappa shape index (κ3) is 2.49. The molecule has 0 spiro atoms. The first-order chi connectivity index (χ1) is 8.17. The summed E-state index contributed by atoms with van der Waals surface area (Å²) in [6, 6.07) is 5.32. The molecule has 0 atom stereocenters. The van der Waals surface area contributed by atoms with E-state index in [0.29, 0.717) is 15.4 Å². The number of benzene rings is 1. The summed E-state index contributed by atoms with van der Waals surface area (Å²) in [5.41, 5.74) is 0.806. The topological polar surface area (TPSA) is 30.7 Å². The van der Waals surface area contributed by atoms with Gasteiger partial charge in [-0.2, -0.15) is 0 Å². The molecule has 0 fully saturated rings. The van der Waals surface area contributed by atoms with Gasteiger partial charge in [0, 0.05) is 17.1 Å². The molecule has 3 nitrogen and oxygen atoms in total. The van der Waals surface area contributed by atoms with Crippen molar-refractivity contribution in [1.29, 1.82) is 0 Å². The monoisotopic (exact) mass is 333 g/mol. The molecule has 2 rings (SSSR count). The zero-order chi connectivity index (χ0) is 12.4. The Morgan fingerprint density at radius 2 is 2.06 bits per heavy atom. The molecule has 0 bridgehead atoms. The van der Waals surface area contributed by atoms with Crippen LogP contribution in [0.2, 0.25) is 10.0 Å². The van der Waals surface area contributed by atoms with Crippen molar-refractivity contribution in [3.05, 3.63) is 34.1 Å². The Labute approximate surface area is 118 Å². The van der Waals surface area contributed by atoms with Crippen molar-refractivity contribution in [2.24, 2.45) is 0 Å². The van der Waals surface area contributed by atoms with Crippen LogP contribution in [0, 0.1) is 0 Å². The summed E-state index contributed by atoms with van der Waals surface area (Å²) in [5.74, 6) is 1.62. The Balaban J connectivity index is 2.59. The molecule has 0 unspecified atom stereocenters. The number of aromatic nitrogens is 3. The highest BCUT2D eigenvalue weighted by Crippen LogP contribution is 2.30. The van der Waals surface area contributed by atoms with Crippen LogP contribution in [0.3, 0.4) is 0 Å². The van der Waals surface area contributed by atoms with Crippen LogP contribution >= 0.6 is 39.1 Å². The standard InChI is InChI=1S/C11H10BrCl2N3/c1-2-17-10(6-12)15-16-11(17)8-5-7(13)3-4-9(8)14/h3-5H,2,6H2,1H3. The lowest BCUT2D eigenvalue weighted by molar-refractivity contribution is 0.733. The minimum absolute atomic E-state index is 0.623. The van der Waals surface area contributed by atoms with Crippen molar-refractivity contribution in [3.8, 4) is 11.4 Å². The molecule has 0 amide bonds. The summed E-state index contributed by atoms with van der Waals surface area (Å²) in [7, 11) is 0. The number of halogens is 3. The molecule has 0 N–H and O–H groups in total. The molecule has 17 heavy (non-hydrogen) atoms. The molecule has 90 valence electrons. The molecule has 6 heteroatoms. The lowest BCUT2D eigenvalue weighted by Gasteiger charge is -2.07. The van der Waals surface area contributed by atoms with E-state index in [1.807, 2.05) is 11.5 Å². The molecular weight excluding hydrogens is 325 g/mol. The summed E-state index contributed by atoms with van der Waals surface area (Å²) in [6.45, 7) is 2.82. The van der Waals surface area contributed by atoms with Gasteiger partial charge in [-0.05, 0) is 25.1 Å². The van der Waals surface area contributed by atoms with Gasteiger partial charge in [-0.15, -0.1) is 10.2 Å². The Hall–Kier alpha value is -0.580. The smallest absolute Gasteiger partial charge is 0.165 e. The molecule has 0 aliphatic heterocycles. The second-order valence-electron chi connectivity index (χ2n) is 3.44. The molecule has 0 saturated carbocycles. The fourth-order valence-electron chi connectivity index (χ4n) is 1.63. The molecule has 0 aliphatic rings. The van der Waals surface area contributed by atoms with Crippen molar-refractivity contribution in [3.63, 3.8) is 0 Å². The highest BCUT2D eigenvalue weighted by Gasteiger charge is 2.14. The Morgan fingerprint density at radius 3 is 2.71 bits per heavy atom. The van der Waals surface area contributed by atoms with Crippen LogP contribution in [0.5, 0.6) is 0 Å². The SMILES string of the molecule is CCn1c(CBr)nnc1-c1cc(Cl)ccc1Cl. The minimum Gasteiger partial charge on any atom is -0.311 e. The van der Waals surface area contributed by atoms with Crippen LogP contribution in [0.4, 0.5) is 0 Å². The summed E-state index contributed by atoms with van der Waals surface area (Å²) in [4.78, 5) is 0. The van der Waals surface area contributed by atoms with Crippen molar-refractivity contribution in [2.45, 2.75) is 18.8 Å². The number of hydrogen-bond acceptors (Lipinski definition) is 2. The first-order valence-electron chi connectivity index (χ1n) is 5.10. The third-order valence-corrected chi connectivity index (χ3v) is 3.50. The van der Waals surface area contributed by atoms with Crippen molar-refractivity contribution in [2.75, 3.05) is 0 Å². The Kier molecular flexibility index (Phi) is 4.07. The molecule has 1 aromatic carbocycles. The first-order valence-corrected chi connectivity index (χ1v) is 6.98. The Bertz CT molecular complexity index is 540. The first kappa shape index (κ1) is 12.9. The molecule has 0 radical (unpaired) electrons. The van der Waals surface area contributed by atoms with Gasteiger partial charge in [-0.25, -0.2) is 0 Å². The maximum atomic E-state index is 6.16. The van der Waals surface area contributed by atoms with E-state index in [4.69, 9.17) is 23.2 Å². The second kappa shape index (κ2) is 5.38. The van der Waals surface area contributed by atoms with Gasteiger partial charge < -0.3 is 4.57 Å². The lowest BCUT2D eigenvalue weighted by Crippen LogP contribution is -2.02. The van der Waals surface area contributed by atoms with Crippen LogP contribution in [0.15, 0.2) is 18.2 Å². The highest BCUT2D eigenvalue weighted by molar-refractivity contribution is 9.08. The average Bonchev–Trinajstić information content (AvgIpc) is 2.74. The lowest BCUT2D eigenvalue weighted by atomic mass is 10.2. The summed E-state index contributed by atoms with van der Waals surface area (Å²) >= 11 is 15.5. The van der Waals surface area contributed by atoms with Gasteiger partial charge in [0.1, 0.15) is 5.82 Å². The van der Waals surface area contributed by atoms with Crippen molar-refractivity contribution < 1.29 is 0 Å². The fourth-order valence-corrected chi connectivity index (χ4v) is 2.42. The zero-order valence-corrected chi connectivity index (χ0v) is 12.2. The van der Waals surface area contributed by atoms with Crippen LogP contribution in [0.25, 0.3) is 11.4 Å². The van der Waals surface area contributed by atoms with Crippen LogP contribution in [-0.4, -0.2) is 14.8 Å². The number of rotatable bonds is 3. The van der Waals surface area contributed by atoms with Gasteiger partial charge in [-0.1, -0.05) is 39.1 Å². The van der Waals surface area contributed by atoms with Crippen molar-refractivity contribution >= 4 is 39.1 Å². The van der Waals surface area contributed by atoms with Gasteiger partial charge in [-0.3, -0.25) is 0 Å². The van der Waals surface area contributed by atoms with E-state index in [2.05, 4.69) is 26.1 Å². The maximum absolute atomic E-state index is 6.16. The number of nitrogens with zero attached hydrogens (tertiary/aromatic N) is 3. The molecule has 1 aromatic heterocycles. The van der Waals surface area contributed by atoms with Crippen molar-refractivity contribution in [1.82, 2.24) is 14.8 Å². The van der Waals surface area contributed by atoms with Gasteiger partial charge in [0.15, 0.2) is 5.82 Å². The maximum Gasteiger partial charge on any atom is 0.165 e. The third-order valence-electron chi connectivity index (χ3n) is 2.43. The fraction of sp³-hybridized carbons (Fsp3) is 0.273. The molecule has 1 heterocycles. The van der Waals surface area contributed by atoms with Crippen LogP contribution in [-0.2, 0) is 11.9 Å². The van der Waals surface area contributed by atoms with E-state index in [1.165, 1.54) is 0 Å². The van der Waals surface area contributed by atoms with Gasteiger partial charge >= 0.3 is 0 Å². The van der Waals surface area contributed by atoms with E-state index in [1.54, 1.807) is 18.2 Å². The van der Waals surface area contributed by atoms with Crippen LogP contribution in [0.1, 0.15) is 12.7 Å². The van der Waals surface area contributed by atoms with Gasteiger partial charge in [0.2, 0.25) is 0 Å².